The normalized spacial score (nSPS) is 10.6. The van der Waals surface area contributed by atoms with Gasteiger partial charge in [0, 0.05) is 18.5 Å². The molecule has 0 spiro atoms. The first kappa shape index (κ1) is 15.2. The number of carbonyl (C=O) groups excluding carboxylic acids is 1. The fourth-order valence-corrected chi connectivity index (χ4v) is 2.22. The lowest BCUT2D eigenvalue weighted by Gasteiger charge is -2.06. The molecule has 0 aliphatic heterocycles. The lowest BCUT2D eigenvalue weighted by Crippen LogP contribution is -2.26. The highest BCUT2D eigenvalue weighted by Crippen LogP contribution is 2.12. The summed E-state index contributed by atoms with van der Waals surface area (Å²) in [4.78, 5) is 11.8. The largest absolute Gasteiger partial charge is 0.361 e. The number of nitrogens with one attached hydrogen (secondary N) is 1. The van der Waals surface area contributed by atoms with E-state index in [1.807, 2.05) is 13.8 Å². The van der Waals surface area contributed by atoms with Gasteiger partial charge in [0.15, 0.2) is 0 Å². The van der Waals surface area contributed by atoms with Crippen molar-refractivity contribution in [3.63, 3.8) is 0 Å². The van der Waals surface area contributed by atoms with Gasteiger partial charge >= 0.3 is 0 Å². The summed E-state index contributed by atoms with van der Waals surface area (Å²) in [5.74, 6) is 0.444. The molecule has 5 heteroatoms. The second-order valence-corrected chi connectivity index (χ2v) is 4.99. The van der Waals surface area contributed by atoms with Crippen molar-refractivity contribution in [2.75, 3.05) is 6.54 Å². The van der Waals surface area contributed by atoms with Crippen molar-refractivity contribution in [3.8, 4) is 0 Å². The molecule has 1 N–H and O–H groups in total. The molecule has 0 bridgehead atoms. The van der Waals surface area contributed by atoms with E-state index in [4.69, 9.17) is 4.52 Å². The predicted molar refractivity (Wildman–Crippen MR) is 77.4 cm³/mol. The third-order valence-electron chi connectivity index (χ3n) is 3.46. The summed E-state index contributed by atoms with van der Waals surface area (Å²) < 4.78 is 18.5. The van der Waals surface area contributed by atoms with Crippen LogP contribution in [0.4, 0.5) is 4.39 Å². The van der Waals surface area contributed by atoms with E-state index in [1.54, 1.807) is 18.2 Å². The van der Waals surface area contributed by atoms with E-state index in [0.29, 0.717) is 24.9 Å². The molecule has 0 fully saturated rings. The van der Waals surface area contributed by atoms with Crippen LogP contribution < -0.4 is 5.32 Å². The molecule has 0 saturated carbocycles. The van der Waals surface area contributed by atoms with E-state index in [-0.39, 0.29) is 18.1 Å². The Kier molecular flexibility index (Phi) is 5.09. The van der Waals surface area contributed by atoms with Crippen molar-refractivity contribution in [1.82, 2.24) is 10.5 Å². The van der Waals surface area contributed by atoms with Crippen LogP contribution in [-0.2, 0) is 17.6 Å². The minimum atomic E-state index is -0.263. The molecule has 0 aliphatic carbocycles. The van der Waals surface area contributed by atoms with Gasteiger partial charge in [0.25, 0.3) is 0 Å². The van der Waals surface area contributed by atoms with Crippen LogP contribution >= 0.6 is 0 Å². The zero-order valence-electron chi connectivity index (χ0n) is 12.3. The van der Waals surface area contributed by atoms with E-state index in [9.17, 15) is 9.18 Å². The number of benzene rings is 1. The van der Waals surface area contributed by atoms with Gasteiger partial charge in [-0.3, -0.25) is 4.79 Å². The Morgan fingerprint density at radius 3 is 2.71 bits per heavy atom. The van der Waals surface area contributed by atoms with Gasteiger partial charge in [0.1, 0.15) is 11.6 Å². The molecule has 0 unspecified atom stereocenters. The van der Waals surface area contributed by atoms with Gasteiger partial charge in [0.2, 0.25) is 5.91 Å². The second-order valence-electron chi connectivity index (χ2n) is 4.99. The first-order chi connectivity index (χ1) is 10.1. The SMILES string of the molecule is Cc1noc(C)c1CCNC(=O)CCc1ccccc1F. The molecule has 0 saturated heterocycles. The van der Waals surface area contributed by atoms with Crippen LogP contribution in [0.15, 0.2) is 28.8 Å². The fraction of sp³-hybridized carbons (Fsp3) is 0.375. The summed E-state index contributed by atoms with van der Waals surface area (Å²) in [6.45, 7) is 4.26. The Morgan fingerprint density at radius 1 is 1.29 bits per heavy atom. The summed E-state index contributed by atoms with van der Waals surface area (Å²) in [6.07, 6.45) is 1.37. The van der Waals surface area contributed by atoms with Crippen LogP contribution in [-0.4, -0.2) is 17.6 Å². The number of aromatic nitrogens is 1. The molecule has 1 aromatic carbocycles. The van der Waals surface area contributed by atoms with Crippen LogP contribution in [0.2, 0.25) is 0 Å². The Labute approximate surface area is 123 Å². The van der Waals surface area contributed by atoms with Crippen molar-refractivity contribution in [2.45, 2.75) is 33.1 Å². The van der Waals surface area contributed by atoms with Crippen molar-refractivity contribution in [1.29, 1.82) is 0 Å². The maximum absolute atomic E-state index is 13.4. The van der Waals surface area contributed by atoms with Gasteiger partial charge < -0.3 is 9.84 Å². The molecule has 4 nitrogen and oxygen atoms in total. The van der Waals surface area contributed by atoms with Gasteiger partial charge in [-0.25, -0.2) is 4.39 Å². The Balaban J connectivity index is 1.74. The summed E-state index contributed by atoms with van der Waals surface area (Å²) >= 11 is 0. The third-order valence-corrected chi connectivity index (χ3v) is 3.46. The smallest absolute Gasteiger partial charge is 0.220 e. The van der Waals surface area contributed by atoms with Crippen molar-refractivity contribution < 1.29 is 13.7 Å². The maximum Gasteiger partial charge on any atom is 0.220 e. The molecular formula is C16H19FN2O2. The molecule has 1 heterocycles. The summed E-state index contributed by atoms with van der Waals surface area (Å²) in [6, 6.07) is 6.52. The number of aryl methyl sites for hydroxylation is 3. The fourth-order valence-electron chi connectivity index (χ4n) is 2.22. The minimum absolute atomic E-state index is 0.0787. The molecule has 1 amide bonds. The zero-order valence-corrected chi connectivity index (χ0v) is 12.3. The Bertz CT molecular complexity index is 603. The van der Waals surface area contributed by atoms with Crippen molar-refractivity contribution in [2.24, 2.45) is 0 Å². The Hall–Kier alpha value is -2.17. The molecule has 112 valence electrons. The van der Waals surface area contributed by atoms with Crippen LogP contribution in [0.5, 0.6) is 0 Å². The molecule has 21 heavy (non-hydrogen) atoms. The highest BCUT2D eigenvalue weighted by molar-refractivity contribution is 5.76. The second kappa shape index (κ2) is 7.02. The van der Waals surface area contributed by atoms with Gasteiger partial charge in [-0.2, -0.15) is 0 Å². The number of amides is 1. The number of rotatable bonds is 6. The molecule has 0 radical (unpaired) electrons. The predicted octanol–water partition coefficient (Wildman–Crippen LogP) is 2.72. The molecule has 2 aromatic rings. The topological polar surface area (TPSA) is 55.1 Å². The lowest BCUT2D eigenvalue weighted by molar-refractivity contribution is -0.121. The summed E-state index contributed by atoms with van der Waals surface area (Å²) in [5.41, 5.74) is 2.45. The molecule has 0 aliphatic rings. The number of nitrogens with zero attached hydrogens (tertiary/aromatic N) is 1. The third kappa shape index (κ3) is 4.15. The Morgan fingerprint density at radius 2 is 2.05 bits per heavy atom. The van der Waals surface area contributed by atoms with E-state index >= 15 is 0 Å². The standard InChI is InChI=1S/C16H19FN2O2/c1-11-14(12(2)21-19-11)9-10-18-16(20)8-7-13-5-3-4-6-15(13)17/h3-6H,7-10H2,1-2H3,(H,18,20). The first-order valence-corrected chi connectivity index (χ1v) is 6.99. The average molecular weight is 290 g/mol. The van der Waals surface area contributed by atoms with E-state index < -0.39 is 0 Å². The zero-order chi connectivity index (χ0) is 15.2. The van der Waals surface area contributed by atoms with Gasteiger partial charge in [-0.15, -0.1) is 0 Å². The average Bonchev–Trinajstić information content (AvgIpc) is 2.78. The maximum atomic E-state index is 13.4. The minimum Gasteiger partial charge on any atom is -0.361 e. The van der Waals surface area contributed by atoms with Crippen LogP contribution in [0.1, 0.15) is 29.0 Å². The van der Waals surface area contributed by atoms with Crippen LogP contribution in [0.25, 0.3) is 0 Å². The van der Waals surface area contributed by atoms with Crippen molar-refractivity contribution >= 4 is 5.91 Å². The molecule has 1 aromatic heterocycles. The first-order valence-electron chi connectivity index (χ1n) is 6.99. The van der Waals surface area contributed by atoms with E-state index in [0.717, 1.165) is 17.0 Å². The number of carbonyl (C=O) groups is 1. The molecule has 2 rings (SSSR count). The summed E-state index contributed by atoms with van der Waals surface area (Å²) in [7, 11) is 0. The van der Waals surface area contributed by atoms with Crippen molar-refractivity contribution in [3.05, 3.63) is 52.7 Å². The number of hydrogen-bond acceptors (Lipinski definition) is 3. The molecule has 0 atom stereocenters. The highest BCUT2D eigenvalue weighted by Gasteiger charge is 2.09. The monoisotopic (exact) mass is 290 g/mol. The van der Waals surface area contributed by atoms with Gasteiger partial charge in [-0.05, 0) is 38.3 Å². The van der Waals surface area contributed by atoms with Gasteiger partial charge in [-0.1, -0.05) is 23.4 Å². The summed E-state index contributed by atoms with van der Waals surface area (Å²) in [5, 5.41) is 6.70. The number of halogens is 1. The van der Waals surface area contributed by atoms with Crippen LogP contribution in [0.3, 0.4) is 0 Å². The number of hydrogen-bond donors (Lipinski definition) is 1. The van der Waals surface area contributed by atoms with Gasteiger partial charge in [0.05, 0.1) is 5.69 Å². The lowest BCUT2D eigenvalue weighted by atomic mass is 10.1. The van der Waals surface area contributed by atoms with E-state index in [2.05, 4.69) is 10.5 Å². The quantitative estimate of drug-likeness (QED) is 0.890. The van der Waals surface area contributed by atoms with E-state index in [1.165, 1.54) is 6.07 Å². The molecular weight excluding hydrogens is 271 g/mol. The van der Waals surface area contributed by atoms with Crippen LogP contribution in [0, 0.1) is 19.7 Å². The highest BCUT2D eigenvalue weighted by atomic mass is 19.1.